The molecule has 2 amide bonds. The average molecular weight is 476 g/mol. The van der Waals surface area contributed by atoms with Gasteiger partial charge in [0.05, 0.1) is 10.7 Å². The van der Waals surface area contributed by atoms with E-state index in [1.54, 1.807) is 6.07 Å². The van der Waals surface area contributed by atoms with Crippen LogP contribution in [0.3, 0.4) is 0 Å². The lowest BCUT2D eigenvalue weighted by Crippen LogP contribution is -2.67. The van der Waals surface area contributed by atoms with Crippen molar-refractivity contribution in [1.82, 2.24) is 15.8 Å². The van der Waals surface area contributed by atoms with Crippen LogP contribution in [-0.2, 0) is 4.79 Å². The predicted molar refractivity (Wildman–Crippen MR) is 119 cm³/mol. The van der Waals surface area contributed by atoms with Crippen molar-refractivity contribution in [1.29, 1.82) is 0 Å². The van der Waals surface area contributed by atoms with Gasteiger partial charge in [0.1, 0.15) is 11.6 Å². The number of ether oxygens (including phenoxy) is 1. The number of hydrogen-bond acceptors (Lipinski definition) is 5. The Morgan fingerprint density at radius 3 is 2.64 bits per heavy atom. The van der Waals surface area contributed by atoms with E-state index in [2.05, 4.69) is 22.7 Å². The predicted octanol–water partition coefficient (Wildman–Crippen LogP) is 4.36. The zero-order valence-electron chi connectivity index (χ0n) is 18.5. The summed E-state index contributed by atoms with van der Waals surface area (Å²) in [6, 6.07) is 5.85. The normalized spacial score (nSPS) is 28.4. The molecule has 1 heterocycles. The van der Waals surface area contributed by atoms with E-state index >= 15 is 0 Å². The molecule has 7 nitrogen and oxygen atoms in total. The van der Waals surface area contributed by atoms with Gasteiger partial charge in [0.25, 0.3) is 11.8 Å². The summed E-state index contributed by atoms with van der Waals surface area (Å²) in [5.74, 6) is 0.0850. The van der Waals surface area contributed by atoms with Crippen LogP contribution in [0.1, 0.15) is 74.0 Å². The molecule has 1 unspecified atom stereocenters. The van der Waals surface area contributed by atoms with Crippen molar-refractivity contribution >= 4 is 23.4 Å². The van der Waals surface area contributed by atoms with E-state index in [-0.39, 0.29) is 51.9 Å². The summed E-state index contributed by atoms with van der Waals surface area (Å²) in [5.41, 5.74) is 0.236. The van der Waals surface area contributed by atoms with E-state index in [0.717, 1.165) is 56.7 Å². The molecule has 2 aromatic rings. The molecule has 1 aromatic carbocycles. The summed E-state index contributed by atoms with van der Waals surface area (Å²) in [5, 5.41) is 10.4. The molecule has 33 heavy (non-hydrogen) atoms. The maximum Gasteiger partial charge on any atom is 0.290 e. The minimum absolute atomic E-state index is 0.00586. The zero-order valence-corrected chi connectivity index (χ0v) is 19.2. The van der Waals surface area contributed by atoms with Gasteiger partial charge < -0.3 is 19.9 Å². The first-order chi connectivity index (χ1) is 15.8. The Balaban J connectivity index is 1.17. The fourth-order valence-electron chi connectivity index (χ4n) is 5.38. The van der Waals surface area contributed by atoms with Gasteiger partial charge in [0.2, 0.25) is 5.76 Å². The molecule has 176 valence electrons. The first-order valence-corrected chi connectivity index (χ1v) is 11.8. The molecule has 0 aliphatic heterocycles. The molecule has 0 radical (unpaired) electrons. The Morgan fingerprint density at radius 1 is 1.21 bits per heavy atom. The molecule has 2 N–H and O–H groups in total. The molecule has 4 fully saturated rings. The highest BCUT2D eigenvalue weighted by Crippen LogP contribution is 2.50. The van der Waals surface area contributed by atoms with E-state index in [0.29, 0.717) is 5.92 Å². The molecule has 4 saturated carbocycles. The van der Waals surface area contributed by atoms with Crippen molar-refractivity contribution in [3.05, 3.63) is 46.6 Å². The van der Waals surface area contributed by atoms with Gasteiger partial charge in [-0.25, -0.2) is 4.39 Å². The van der Waals surface area contributed by atoms with E-state index in [9.17, 15) is 14.0 Å². The summed E-state index contributed by atoms with van der Waals surface area (Å²) >= 11 is 5.68. The molecule has 0 spiro atoms. The van der Waals surface area contributed by atoms with Crippen LogP contribution >= 0.6 is 11.6 Å². The van der Waals surface area contributed by atoms with Crippen molar-refractivity contribution in [2.45, 2.75) is 68.9 Å². The van der Waals surface area contributed by atoms with Gasteiger partial charge in [-0.05, 0) is 63.0 Å². The number of nitrogens with one attached hydrogen (secondary N) is 2. The molecule has 4 aliphatic rings. The summed E-state index contributed by atoms with van der Waals surface area (Å²) in [6.45, 7) is 1.91. The quantitative estimate of drug-likeness (QED) is 0.620. The Kier molecular flexibility index (Phi) is 5.59. The van der Waals surface area contributed by atoms with Gasteiger partial charge in [0, 0.05) is 29.1 Å². The lowest BCUT2D eigenvalue weighted by atomic mass is 9.56. The van der Waals surface area contributed by atoms with Gasteiger partial charge in [-0.2, -0.15) is 0 Å². The largest absolute Gasteiger partial charge is 0.484 e. The van der Waals surface area contributed by atoms with Crippen molar-refractivity contribution in [2.24, 2.45) is 5.92 Å². The average Bonchev–Trinajstić information content (AvgIpc) is 3.52. The minimum Gasteiger partial charge on any atom is -0.484 e. The molecule has 1 atom stereocenters. The second-order valence-electron chi connectivity index (χ2n) is 9.80. The smallest absolute Gasteiger partial charge is 0.290 e. The number of halogens is 2. The molecule has 9 heteroatoms. The van der Waals surface area contributed by atoms with Crippen LogP contribution in [0, 0.1) is 11.7 Å². The fourth-order valence-corrected chi connectivity index (χ4v) is 5.50. The number of hydrogen-bond donors (Lipinski definition) is 2. The number of carbonyl (C=O) groups is 2. The van der Waals surface area contributed by atoms with Gasteiger partial charge in [-0.15, -0.1) is 0 Å². The molecule has 4 aliphatic carbocycles. The van der Waals surface area contributed by atoms with E-state index < -0.39 is 5.82 Å². The van der Waals surface area contributed by atoms with Crippen LogP contribution in [0.15, 0.2) is 28.8 Å². The van der Waals surface area contributed by atoms with Crippen LogP contribution < -0.4 is 15.4 Å². The molecule has 2 bridgehead atoms. The second kappa shape index (κ2) is 8.31. The topological polar surface area (TPSA) is 93.5 Å². The van der Waals surface area contributed by atoms with Gasteiger partial charge in [0.15, 0.2) is 6.61 Å². The Morgan fingerprint density at radius 2 is 1.97 bits per heavy atom. The Bertz CT molecular complexity index is 1080. The summed E-state index contributed by atoms with van der Waals surface area (Å²) < 4.78 is 24.3. The number of nitrogens with zero attached hydrogens (tertiary/aromatic N) is 1. The molecule has 0 saturated heterocycles. The highest BCUT2D eigenvalue weighted by Gasteiger charge is 2.54. The van der Waals surface area contributed by atoms with Crippen LogP contribution in [0.25, 0.3) is 0 Å². The number of aromatic nitrogens is 1. The van der Waals surface area contributed by atoms with Gasteiger partial charge in [-0.3, -0.25) is 9.59 Å². The number of fused-ring (bicyclic) bond motifs is 3. The van der Waals surface area contributed by atoms with Crippen molar-refractivity contribution in [2.75, 3.05) is 6.61 Å². The van der Waals surface area contributed by atoms with Crippen LogP contribution in [-0.4, -0.2) is 34.7 Å². The van der Waals surface area contributed by atoms with E-state index in [4.69, 9.17) is 20.9 Å². The van der Waals surface area contributed by atoms with Crippen LogP contribution in [0.2, 0.25) is 5.02 Å². The van der Waals surface area contributed by atoms with Crippen molar-refractivity contribution in [3.63, 3.8) is 0 Å². The van der Waals surface area contributed by atoms with E-state index in [1.807, 2.05) is 0 Å². The minimum atomic E-state index is -0.589. The van der Waals surface area contributed by atoms with Crippen LogP contribution in [0.5, 0.6) is 5.75 Å². The maximum absolute atomic E-state index is 13.6. The van der Waals surface area contributed by atoms with Crippen LogP contribution in [0.4, 0.5) is 4.39 Å². The summed E-state index contributed by atoms with van der Waals surface area (Å²) in [7, 11) is 0. The monoisotopic (exact) mass is 475 g/mol. The summed E-state index contributed by atoms with van der Waals surface area (Å²) in [6.07, 6.45) is 6.04. The third-order valence-corrected chi connectivity index (χ3v) is 7.82. The number of amides is 2. The van der Waals surface area contributed by atoms with Crippen molar-refractivity contribution in [3.8, 4) is 5.75 Å². The first kappa shape index (κ1) is 22.2. The fraction of sp³-hybridized carbons (Fsp3) is 0.542. The third kappa shape index (κ3) is 4.45. The lowest BCUT2D eigenvalue weighted by molar-refractivity contribution is -0.127. The van der Waals surface area contributed by atoms with Crippen molar-refractivity contribution < 1.29 is 23.2 Å². The highest BCUT2D eigenvalue weighted by molar-refractivity contribution is 6.30. The molecular formula is C24H27ClFN3O4. The molecule has 1 aromatic heterocycles. The number of rotatable bonds is 7. The van der Waals surface area contributed by atoms with E-state index in [1.165, 1.54) is 12.1 Å². The molecular weight excluding hydrogens is 449 g/mol. The number of benzene rings is 1. The van der Waals surface area contributed by atoms with Gasteiger partial charge >= 0.3 is 0 Å². The number of carbonyl (C=O) groups excluding carboxylic acids is 2. The lowest BCUT2D eigenvalue weighted by Gasteiger charge is -2.57. The standard InChI is InChI=1S/C24H27ClFN3O4/c1-14-12-23(27-21(30)13-32-16-4-5-17(25)18(26)10-16)6-8-24(14,9-7-23)28-22(31)20-11-19(29-33-20)15-2-3-15/h4-5,10-11,14-15H,2-3,6-9,12-13H2,1H3,(H,27,30)(H,28,31). The van der Waals surface area contributed by atoms with Gasteiger partial charge in [-0.1, -0.05) is 23.7 Å². The SMILES string of the molecule is CC1CC2(NC(=O)COc3ccc(Cl)c(F)c3)CCC1(NC(=O)c1cc(C3CC3)no1)CC2. The molecule has 6 rings (SSSR count). The highest BCUT2D eigenvalue weighted by atomic mass is 35.5. The maximum atomic E-state index is 13.6. The second-order valence-corrected chi connectivity index (χ2v) is 10.2. The summed E-state index contributed by atoms with van der Waals surface area (Å²) in [4.78, 5) is 25.4. The first-order valence-electron chi connectivity index (χ1n) is 11.5. The Labute approximate surface area is 196 Å². The zero-order chi connectivity index (χ0) is 23.2. The third-order valence-electron chi connectivity index (χ3n) is 7.52. The Hall–Kier alpha value is -2.61.